The fourth-order valence-electron chi connectivity index (χ4n) is 2.68. The first-order valence-electron chi connectivity index (χ1n) is 6.63. The van der Waals surface area contributed by atoms with Crippen molar-refractivity contribution in [2.24, 2.45) is 5.73 Å². The van der Waals surface area contributed by atoms with E-state index in [0.29, 0.717) is 6.54 Å². The van der Waals surface area contributed by atoms with Crippen molar-refractivity contribution in [3.63, 3.8) is 0 Å². The van der Waals surface area contributed by atoms with Crippen molar-refractivity contribution in [1.29, 1.82) is 0 Å². The van der Waals surface area contributed by atoms with Gasteiger partial charge in [-0.3, -0.25) is 0 Å². The number of benzene rings is 2. The molecular formula is C16H17BrN2. The number of nitrogens with zero attached hydrogens (tertiary/aromatic N) is 1. The lowest BCUT2D eigenvalue weighted by Crippen LogP contribution is -2.14. The third-order valence-electron chi connectivity index (χ3n) is 3.62. The summed E-state index contributed by atoms with van der Waals surface area (Å²) in [6.45, 7) is 1.74. The van der Waals surface area contributed by atoms with Crippen LogP contribution < -0.4 is 10.6 Å². The predicted octanol–water partition coefficient (Wildman–Crippen LogP) is 3.64. The standard InChI is InChI=1S/C16H17BrN2/c17-14-11-12(7-9-18)5-6-16(14)19-10-8-13-3-1-2-4-15(13)19/h1-6,11H,7-10,18H2. The lowest BCUT2D eigenvalue weighted by Gasteiger charge is -2.21. The molecule has 19 heavy (non-hydrogen) atoms. The monoisotopic (exact) mass is 316 g/mol. The lowest BCUT2D eigenvalue weighted by atomic mass is 10.1. The van der Waals surface area contributed by atoms with E-state index in [9.17, 15) is 0 Å². The van der Waals surface area contributed by atoms with Gasteiger partial charge in [-0.15, -0.1) is 0 Å². The summed E-state index contributed by atoms with van der Waals surface area (Å²) in [5.74, 6) is 0. The van der Waals surface area contributed by atoms with E-state index < -0.39 is 0 Å². The lowest BCUT2D eigenvalue weighted by molar-refractivity contribution is 0.961. The Hall–Kier alpha value is -1.32. The van der Waals surface area contributed by atoms with Gasteiger partial charge < -0.3 is 10.6 Å². The van der Waals surface area contributed by atoms with Gasteiger partial charge in [0.2, 0.25) is 0 Å². The molecule has 1 heterocycles. The van der Waals surface area contributed by atoms with E-state index in [-0.39, 0.29) is 0 Å². The van der Waals surface area contributed by atoms with Crippen molar-refractivity contribution < 1.29 is 0 Å². The summed E-state index contributed by atoms with van der Waals surface area (Å²) < 4.78 is 1.15. The van der Waals surface area contributed by atoms with Crippen LogP contribution in [-0.2, 0) is 12.8 Å². The van der Waals surface area contributed by atoms with Crippen LogP contribution in [0.4, 0.5) is 11.4 Å². The highest BCUT2D eigenvalue weighted by Gasteiger charge is 2.21. The zero-order valence-electron chi connectivity index (χ0n) is 10.8. The van der Waals surface area contributed by atoms with Crippen molar-refractivity contribution >= 4 is 27.3 Å². The molecule has 0 spiro atoms. The second kappa shape index (κ2) is 5.35. The van der Waals surface area contributed by atoms with Gasteiger partial charge in [0, 0.05) is 16.7 Å². The van der Waals surface area contributed by atoms with Gasteiger partial charge >= 0.3 is 0 Å². The Morgan fingerprint density at radius 1 is 1.11 bits per heavy atom. The first kappa shape index (κ1) is 12.7. The van der Waals surface area contributed by atoms with E-state index in [2.05, 4.69) is 63.3 Å². The Labute approximate surface area is 122 Å². The Morgan fingerprint density at radius 3 is 2.74 bits per heavy atom. The van der Waals surface area contributed by atoms with Crippen LogP contribution in [0.15, 0.2) is 46.9 Å². The fraction of sp³-hybridized carbons (Fsp3) is 0.250. The molecule has 2 nitrogen and oxygen atoms in total. The topological polar surface area (TPSA) is 29.3 Å². The molecule has 0 radical (unpaired) electrons. The van der Waals surface area contributed by atoms with Gasteiger partial charge in [0.25, 0.3) is 0 Å². The molecule has 0 bridgehead atoms. The maximum atomic E-state index is 5.61. The van der Waals surface area contributed by atoms with Crippen LogP contribution >= 0.6 is 15.9 Å². The third-order valence-corrected chi connectivity index (χ3v) is 4.26. The molecule has 3 heteroatoms. The first-order chi connectivity index (χ1) is 9.29. The number of para-hydroxylation sites is 1. The predicted molar refractivity (Wildman–Crippen MR) is 84.1 cm³/mol. The van der Waals surface area contributed by atoms with E-state index >= 15 is 0 Å². The Kier molecular flexibility index (Phi) is 3.58. The van der Waals surface area contributed by atoms with Gasteiger partial charge in [-0.25, -0.2) is 0 Å². The van der Waals surface area contributed by atoms with Gasteiger partial charge in [-0.2, -0.15) is 0 Å². The van der Waals surface area contributed by atoms with Crippen molar-refractivity contribution in [2.75, 3.05) is 18.0 Å². The molecule has 2 N–H and O–H groups in total. The van der Waals surface area contributed by atoms with Crippen molar-refractivity contribution in [1.82, 2.24) is 0 Å². The molecule has 1 aliphatic heterocycles. The number of nitrogens with two attached hydrogens (primary N) is 1. The van der Waals surface area contributed by atoms with Gasteiger partial charge in [0.1, 0.15) is 0 Å². The third kappa shape index (κ3) is 2.40. The number of anilines is 2. The number of hydrogen-bond donors (Lipinski definition) is 1. The van der Waals surface area contributed by atoms with E-state index in [4.69, 9.17) is 5.73 Å². The normalized spacial score (nSPS) is 13.7. The molecule has 0 unspecified atom stereocenters. The number of hydrogen-bond acceptors (Lipinski definition) is 2. The summed E-state index contributed by atoms with van der Waals surface area (Å²) >= 11 is 3.70. The Morgan fingerprint density at radius 2 is 1.95 bits per heavy atom. The SMILES string of the molecule is NCCc1ccc(N2CCc3ccccc32)c(Br)c1. The molecule has 2 aromatic rings. The highest BCUT2D eigenvalue weighted by atomic mass is 79.9. The van der Waals surface area contributed by atoms with Crippen molar-refractivity contribution in [3.8, 4) is 0 Å². The molecule has 0 saturated carbocycles. The maximum Gasteiger partial charge on any atom is 0.0555 e. The average Bonchev–Trinajstić information content (AvgIpc) is 2.83. The Bertz CT molecular complexity index is 595. The molecule has 3 rings (SSSR count). The summed E-state index contributed by atoms with van der Waals surface area (Å²) in [5.41, 5.74) is 10.9. The maximum absolute atomic E-state index is 5.61. The zero-order valence-corrected chi connectivity index (χ0v) is 12.4. The summed E-state index contributed by atoms with van der Waals surface area (Å²) in [4.78, 5) is 2.38. The smallest absolute Gasteiger partial charge is 0.0555 e. The second-order valence-corrected chi connectivity index (χ2v) is 5.71. The zero-order chi connectivity index (χ0) is 13.2. The van der Waals surface area contributed by atoms with Gasteiger partial charge in [0.05, 0.1) is 5.69 Å². The van der Waals surface area contributed by atoms with Crippen LogP contribution in [0.2, 0.25) is 0 Å². The molecule has 98 valence electrons. The van der Waals surface area contributed by atoms with E-state index in [1.54, 1.807) is 0 Å². The molecule has 2 aromatic carbocycles. The van der Waals surface area contributed by atoms with E-state index in [0.717, 1.165) is 23.9 Å². The molecule has 0 aromatic heterocycles. The summed E-state index contributed by atoms with van der Waals surface area (Å²) in [5, 5.41) is 0. The minimum absolute atomic E-state index is 0.693. The van der Waals surface area contributed by atoms with Crippen molar-refractivity contribution in [3.05, 3.63) is 58.1 Å². The molecule has 0 fully saturated rings. The number of rotatable bonds is 3. The first-order valence-corrected chi connectivity index (χ1v) is 7.43. The van der Waals surface area contributed by atoms with Crippen molar-refractivity contribution in [2.45, 2.75) is 12.8 Å². The summed E-state index contributed by atoms with van der Waals surface area (Å²) in [6, 6.07) is 15.2. The molecular weight excluding hydrogens is 300 g/mol. The van der Waals surface area contributed by atoms with Gasteiger partial charge in [0.15, 0.2) is 0 Å². The average molecular weight is 317 g/mol. The molecule has 0 saturated heterocycles. The van der Waals surface area contributed by atoms with Crippen LogP contribution in [0, 0.1) is 0 Å². The van der Waals surface area contributed by atoms with Crippen LogP contribution in [0.1, 0.15) is 11.1 Å². The second-order valence-electron chi connectivity index (χ2n) is 4.85. The summed E-state index contributed by atoms with van der Waals surface area (Å²) in [6.07, 6.45) is 2.04. The highest BCUT2D eigenvalue weighted by molar-refractivity contribution is 9.10. The minimum atomic E-state index is 0.693. The van der Waals surface area contributed by atoms with Crippen LogP contribution in [0.25, 0.3) is 0 Å². The minimum Gasteiger partial charge on any atom is -0.340 e. The van der Waals surface area contributed by atoms with Gasteiger partial charge in [-0.05, 0) is 64.6 Å². The molecule has 0 amide bonds. The largest absolute Gasteiger partial charge is 0.340 e. The summed E-state index contributed by atoms with van der Waals surface area (Å²) in [7, 11) is 0. The molecule has 0 aliphatic carbocycles. The van der Waals surface area contributed by atoms with Crippen LogP contribution in [0.3, 0.4) is 0 Å². The van der Waals surface area contributed by atoms with Gasteiger partial charge in [-0.1, -0.05) is 24.3 Å². The molecule has 1 aliphatic rings. The fourth-order valence-corrected chi connectivity index (χ4v) is 3.32. The number of halogens is 1. The van der Waals surface area contributed by atoms with Crippen LogP contribution in [0.5, 0.6) is 0 Å². The molecule has 0 atom stereocenters. The van der Waals surface area contributed by atoms with E-state index in [1.165, 1.54) is 22.5 Å². The quantitative estimate of drug-likeness (QED) is 0.936. The number of fused-ring (bicyclic) bond motifs is 1. The van der Waals surface area contributed by atoms with Crippen LogP contribution in [-0.4, -0.2) is 13.1 Å². The highest BCUT2D eigenvalue weighted by Crippen LogP contribution is 2.38. The Balaban J connectivity index is 1.96. The van der Waals surface area contributed by atoms with E-state index in [1.807, 2.05) is 0 Å².